The molecule has 0 atom stereocenters. The Morgan fingerprint density at radius 2 is 1.55 bits per heavy atom. The van der Waals surface area contributed by atoms with Gasteiger partial charge in [0, 0.05) is 11.6 Å². The fraction of sp³-hybridized carbons (Fsp3) is 0.231. The molecule has 7 nitrogen and oxygen atoms in total. The molecule has 0 radical (unpaired) electrons. The second kappa shape index (κ2) is 10.1. The van der Waals surface area contributed by atoms with Crippen molar-refractivity contribution in [3.05, 3.63) is 81.9 Å². The number of aromatic hydroxyl groups is 2. The van der Waals surface area contributed by atoms with E-state index in [0.717, 1.165) is 11.6 Å². The van der Waals surface area contributed by atoms with Crippen molar-refractivity contribution in [1.82, 2.24) is 0 Å². The maximum Gasteiger partial charge on any atom is 0.347 e. The molecule has 0 aromatic heterocycles. The van der Waals surface area contributed by atoms with E-state index in [1.807, 2.05) is 30.3 Å². The molecule has 0 amide bonds. The van der Waals surface area contributed by atoms with Gasteiger partial charge in [-0.25, -0.2) is 9.59 Å². The Kier molecular flexibility index (Phi) is 7.23. The number of aryl methyl sites for hydroxylation is 2. The third kappa shape index (κ3) is 5.26. The molecule has 33 heavy (non-hydrogen) atoms. The highest BCUT2D eigenvalue weighted by Gasteiger charge is 2.23. The van der Waals surface area contributed by atoms with Gasteiger partial charge < -0.3 is 24.4 Å². The maximum absolute atomic E-state index is 12.8. The van der Waals surface area contributed by atoms with Gasteiger partial charge in [0.1, 0.15) is 40.7 Å². The van der Waals surface area contributed by atoms with Crippen LogP contribution >= 0.6 is 0 Å². The summed E-state index contributed by atoms with van der Waals surface area (Å²) in [6.07, 6.45) is 0. The second-order valence-electron chi connectivity index (χ2n) is 7.56. The summed E-state index contributed by atoms with van der Waals surface area (Å²) >= 11 is 0. The quantitative estimate of drug-likeness (QED) is 0.386. The summed E-state index contributed by atoms with van der Waals surface area (Å²) in [5.74, 6) is -1.59. The molecule has 0 aliphatic carbocycles. The Balaban J connectivity index is 1.83. The van der Waals surface area contributed by atoms with Crippen molar-refractivity contribution in [2.75, 3.05) is 6.61 Å². The molecule has 0 saturated heterocycles. The van der Waals surface area contributed by atoms with Crippen molar-refractivity contribution in [3.8, 4) is 23.0 Å². The molecule has 0 bridgehead atoms. The number of phenolic OH excluding ortho intramolecular Hbond substituents is 2. The number of esters is 2. The summed E-state index contributed by atoms with van der Waals surface area (Å²) < 4.78 is 16.2. The Bertz CT molecular complexity index is 1160. The summed E-state index contributed by atoms with van der Waals surface area (Å²) in [7, 11) is 0. The number of carbonyl (C=O) groups excluding carboxylic acids is 2. The van der Waals surface area contributed by atoms with Gasteiger partial charge in [0.2, 0.25) is 0 Å². The van der Waals surface area contributed by atoms with E-state index in [4.69, 9.17) is 14.2 Å². The van der Waals surface area contributed by atoms with Crippen LogP contribution in [0.4, 0.5) is 0 Å². The molecule has 3 rings (SSSR count). The normalized spacial score (nSPS) is 10.5. The predicted octanol–water partition coefficient (Wildman–Crippen LogP) is 5.00. The zero-order chi connectivity index (χ0) is 24.1. The lowest BCUT2D eigenvalue weighted by molar-refractivity contribution is 0.0522. The Labute approximate surface area is 192 Å². The van der Waals surface area contributed by atoms with Crippen LogP contribution in [0, 0.1) is 20.8 Å². The first-order valence-corrected chi connectivity index (χ1v) is 10.5. The molecule has 0 saturated carbocycles. The highest BCUT2D eigenvalue weighted by molar-refractivity contribution is 5.97. The van der Waals surface area contributed by atoms with Crippen molar-refractivity contribution in [1.29, 1.82) is 0 Å². The fourth-order valence-corrected chi connectivity index (χ4v) is 3.43. The Hall–Kier alpha value is -4.00. The van der Waals surface area contributed by atoms with E-state index in [1.165, 1.54) is 6.07 Å². The molecule has 0 spiro atoms. The molecule has 0 aliphatic heterocycles. The van der Waals surface area contributed by atoms with E-state index >= 15 is 0 Å². The molecule has 7 heteroatoms. The predicted molar refractivity (Wildman–Crippen MR) is 122 cm³/mol. The van der Waals surface area contributed by atoms with E-state index in [9.17, 15) is 19.8 Å². The van der Waals surface area contributed by atoms with Crippen LogP contribution in [0.3, 0.4) is 0 Å². The molecular weight excluding hydrogens is 424 g/mol. The number of hydrogen-bond donors (Lipinski definition) is 2. The lowest BCUT2D eigenvalue weighted by atomic mass is 10.0. The van der Waals surface area contributed by atoms with Crippen molar-refractivity contribution < 1.29 is 34.0 Å². The standard InChI is InChI=1S/C26H26O7/c1-5-31-25(29)22-15(2)11-19(13-20(22)27)33-26(30)23-16(3)12-21(17(4)24(23)28)32-14-18-9-7-6-8-10-18/h6-13,27-28H,5,14H2,1-4H3. The monoisotopic (exact) mass is 450 g/mol. The molecule has 0 aliphatic rings. The number of ether oxygens (including phenoxy) is 3. The second-order valence-corrected chi connectivity index (χ2v) is 7.56. The minimum Gasteiger partial charge on any atom is -0.507 e. The average Bonchev–Trinajstić information content (AvgIpc) is 2.75. The van der Waals surface area contributed by atoms with E-state index in [1.54, 1.807) is 33.8 Å². The Morgan fingerprint density at radius 1 is 0.879 bits per heavy atom. The summed E-state index contributed by atoms with van der Waals surface area (Å²) in [5.41, 5.74) is 2.23. The van der Waals surface area contributed by atoms with Crippen molar-refractivity contribution in [2.45, 2.75) is 34.3 Å². The van der Waals surface area contributed by atoms with Crippen LogP contribution in [0.25, 0.3) is 0 Å². The topological polar surface area (TPSA) is 102 Å². The summed E-state index contributed by atoms with van der Waals surface area (Å²) in [6.45, 7) is 7.05. The highest BCUT2D eigenvalue weighted by atomic mass is 16.5. The number of hydrogen-bond acceptors (Lipinski definition) is 7. The first-order chi connectivity index (χ1) is 15.7. The van der Waals surface area contributed by atoms with Crippen LogP contribution in [0.2, 0.25) is 0 Å². The van der Waals surface area contributed by atoms with Gasteiger partial charge in [-0.1, -0.05) is 30.3 Å². The molecule has 172 valence electrons. The lowest BCUT2D eigenvalue weighted by Crippen LogP contribution is -2.13. The van der Waals surface area contributed by atoms with Crippen molar-refractivity contribution in [3.63, 3.8) is 0 Å². The molecule has 3 aromatic rings. The SMILES string of the molecule is CCOC(=O)c1c(C)cc(OC(=O)c2c(C)cc(OCc3ccccc3)c(C)c2O)cc1O. The third-order valence-corrected chi connectivity index (χ3v) is 5.12. The van der Waals surface area contributed by atoms with Gasteiger partial charge in [-0.05, 0) is 56.5 Å². The maximum atomic E-state index is 12.8. The van der Waals surface area contributed by atoms with Crippen LogP contribution in [-0.2, 0) is 11.3 Å². The van der Waals surface area contributed by atoms with Crippen LogP contribution in [0.15, 0.2) is 48.5 Å². The van der Waals surface area contributed by atoms with Gasteiger partial charge in [0.05, 0.1) is 6.61 Å². The largest absolute Gasteiger partial charge is 0.507 e. The van der Waals surface area contributed by atoms with Crippen LogP contribution < -0.4 is 9.47 Å². The molecule has 0 heterocycles. The minimum atomic E-state index is -0.801. The van der Waals surface area contributed by atoms with Gasteiger partial charge in [-0.3, -0.25) is 0 Å². The van der Waals surface area contributed by atoms with E-state index < -0.39 is 11.9 Å². The highest BCUT2D eigenvalue weighted by Crippen LogP contribution is 2.35. The van der Waals surface area contributed by atoms with Crippen molar-refractivity contribution >= 4 is 11.9 Å². The fourth-order valence-electron chi connectivity index (χ4n) is 3.43. The molecule has 3 aromatic carbocycles. The third-order valence-electron chi connectivity index (χ3n) is 5.12. The van der Waals surface area contributed by atoms with E-state index in [-0.39, 0.29) is 35.0 Å². The van der Waals surface area contributed by atoms with Crippen LogP contribution in [0.5, 0.6) is 23.0 Å². The van der Waals surface area contributed by atoms with Gasteiger partial charge in [0.25, 0.3) is 0 Å². The van der Waals surface area contributed by atoms with Gasteiger partial charge in [-0.15, -0.1) is 0 Å². The molecule has 0 unspecified atom stereocenters. The summed E-state index contributed by atoms with van der Waals surface area (Å²) in [4.78, 5) is 24.9. The summed E-state index contributed by atoms with van der Waals surface area (Å²) in [5, 5.41) is 20.9. The zero-order valence-electron chi connectivity index (χ0n) is 19.0. The number of phenols is 2. The van der Waals surface area contributed by atoms with Crippen molar-refractivity contribution in [2.24, 2.45) is 0 Å². The Morgan fingerprint density at radius 3 is 2.18 bits per heavy atom. The van der Waals surface area contributed by atoms with E-state index in [0.29, 0.717) is 29.0 Å². The minimum absolute atomic E-state index is 0.00596. The smallest absolute Gasteiger partial charge is 0.347 e. The molecular formula is C26H26O7. The number of carbonyl (C=O) groups is 2. The van der Waals surface area contributed by atoms with Crippen LogP contribution in [-0.4, -0.2) is 28.8 Å². The zero-order valence-corrected chi connectivity index (χ0v) is 19.0. The first-order valence-electron chi connectivity index (χ1n) is 10.5. The summed E-state index contributed by atoms with van der Waals surface area (Å²) in [6, 6.07) is 13.9. The molecule has 0 fully saturated rings. The number of rotatable bonds is 7. The average molecular weight is 450 g/mol. The lowest BCUT2D eigenvalue weighted by Gasteiger charge is -2.16. The van der Waals surface area contributed by atoms with E-state index in [2.05, 4.69) is 0 Å². The number of benzene rings is 3. The van der Waals surface area contributed by atoms with Gasteiger partial charge in [0.15, 0.2) is 0 Å². The first kappa shape index (κ1) is 23.7. The molecule has 2 N–H and O–H groups in total. The van der Waals surface area contributed by atoms with Crippen LogP contribution in [0.1, 0.15) is 49.9 Å². The van der Waals surface area contributed by atoms with Gasteiger partial charge >= 0.3 is 11.9 Å². The van der Waals surface area contributed by atoms with Gasteiger partial charge in [-0.2, -0.15) is 0 Å².